The Labute approximate surface area is 95.8 Å². The smallest absolute Gasteiger partial charge is 0.337 e. The zero-order chi connectivity index (χ0) is 11.4. The summed E-state index contributed by atoms with van der Waals surface area (Å²) in [5.74, 6) is 0.522. The summed E-state index contributed by atoms with van der Waals surface area (Å²) in [7, 11) is 1.40. The molecule has 0 atom stereocenters. The van der Waals surface area contributed by atoms with E-state index in [1.165, 1.54) is 26.4 Å². The minimum Gasteiger partial charge on any atom is -0.465 e. The molecule has 3 heteroatoms. The summed E-state index contributed by atoms with van der Waals surface area (Å²) in [5.41, 5.74) is 1.59. The van der Waals surface area contributed by atoms with Crippen LogP contribution in [-0.4, -0.2) is 19.6 Å². The maximum Gasteiger partial charge on any atom is 0.337 e. The second kappa shape index (κ2) is 5.01. The van der Waals surface area contributed by atoms with Gasteiger partial charge >= 0.3 is 5.97 Å². The summed E-state index contributed by atoms with van der Waals surface area (Å²) >= 11 is 0. The second-order valence-corrected chi connectivity index (χ2v) is 4.25. The van der Waals surface area contributed by atoms with Crippen molar-refractivity contribution < 1.29 is 9.53 Å². The maximum absolute atomic E-state index is 11.3. The van der Waals surface area contributed by atoms with Crippen LogP contribution < -0.4 is 5.32 Å². The molecule has 16 heavy (non-hydrogen) atoms. The molecule has 1 aliphatic rings. The van der Waals surface area contributed by atoms with Gasteiger partial charge in [0.1, 0.15) is 0 Å². The summed E-state index contributed by atoms with van der Waals surface area (Å²) in [5, 5.41) is 3.36. The van der Waals surface area contributed by atoms with Crippen molar-refractivity contribution in [3.8, 4) is 0 Å². The third kappa shape index (κ3) is 2.54. The molecule has 86 valence electrons. The van der Waals surface area contributed by atoms with Crippen LogP contribution >= 0.6 is 0 Å². The number of nitrogens with one attached hydrogen (secondary N) is 1. The molecule has 0 saturated heterocycles. The summed E-state index contributed by atoms with van der Waals surface area (Å²) in [6.07, 6.45) is 4.00. The van der Waals surface area contributed by atoms with Crippen LogP contribution in [0.3, 0.4) is 0 Å². The van der Waals surface area contributed by atoms with Crippen LogP contribution in [0.2, 0.25) is 0 Å². The fourth-order valence-corrected chi connectivity index (χ4v) is 1.83. The third-order valence-corrected chi connectivity index (χ3v) is 3.10. The van der Waals surface area contributed by atoms with E-state index in [4.69, 9.17) is 0 Å². The van der Waals surface area contributed by atoms with Gasteiger partial charge in [0.15, 0.2) is 0 Å². The van der Waals surface area contributed by atoms with Crippen molar-refractivity contribution in [3.63, 3.8) is 0 Å². The lowest BCUT2D eigenvalue weighted by atomic mass is 9.85. The monoisotopic (exact) mass is 219 g/mol. The SMILES string of the molecule is COC(=O)c1cccc(NCC2CCC2)c1. The Hall–Kier alpha value is -1.51. The summed E-state index contributed by atoms with van der Waals surface area (Å²) < 4.78 is 4.68. The molecule has 1 fully saturated rings. The highest BCUT2D eigenvalue weighted by molar-refractivity contribution is 5.90. The van der Waals surface area contributed by atoms with Crippen molar-refractivity contribution >= 4 is 11.7 Å². The van der Waals surface area contributed by atoms with E-state index in [0.717, 1.165) is 18.2 Å². The van der Waals surface area contributed by atoms with Gasteiger partial charge in [-0.3, -0.25) is 0 Å². The van der Waals surface area contributed by atoms with Gasteiger partial charge in [0.2, 0.25) is 0 Å². The van der Waals surface area contributed by atoms with Crippen molar-refractivity contribution in [2.24, 2.45) is 5.92 Å². The molecular formula is C13H17NO2. The maximum atomic E-state index is 11.3. The van der Waals surface area contributed by atoms with Crippen molar-refractivity contribution in [2.75, 3.05) is 19.0 Å². The third-order valence-electron chi connectivity index (χ3n) is 3.10. The highest BCUT2D eigenvalue weighted by atomic mass is 16.5. The van der Waals surface area contributed by atoms with Crippen LogP contribution in [0, 0.1) is 5.92 Å². The van der Waals surface area contributed by atoms with E-state index >= 15 is 0 Å². The van der Waals surface area contributed by atoms with E-state index in [0.29, 0.717) is 5.56 Å². The first-order valence-corrected chi connectivity index (χ1v) is 5.72. The zero-order valence-corrected chi connectivity index (χ0v) is 9.53. The average molecular weight is 219 g/mol. The number of carbonyl (C=O) groups excluding carboxylic acids is 1. The van der Waals surface area contributed by atoms with Crippen molar-refractivity contribution in [2.45, 2.75) is 19.3 Å². The lowest BCUT2D eigenvalue weighted by Gasteiger charge is -2.25. The Bertz CT molecular complexity index is 372. The van der Waals surface area contributed by atoms with E-state index in [2.05, 4.69) is 10.1 Å². The van der Waals surface area contributed by atoms with Crippen LogP contribution in [0.15, 0.2) is 24.3 Å². The Balaban J connectivity index is 1.95. The van der Waals surface area contributed by atoms with Gasteiger partial charge in [-0.2, -0.15) is 0 Å². The molecule has 0 aliphatic heterocycles. The Morgan fingerprint density at radius 1 is 1.50 bits per heavy atom. The highest BCUT2D eigenvalue weighted by Crippen LogP contribution is 2.26. The Morgan fingerprint density at radius 3 is 2.94 bits per heavy atom. The molecule has 0 bridgehead atoms. The Morgan fingerprint density at radius 2 is 2.31 bits per heavy atom. The van der Waals surface area contributed by atoms with E-state index < -0.39 is 0 Å². The number of hydrogen-bond acceptors (Lipinski definition) is 3. The van der Waals surface area contributed by atoms with E-state index in [1.807, 2.05) is 18.2 Å². The molecular weight excluding hydrogens is 202 g/mol. The number of anilines is 1. The highest BCUT2D eigenvalue weighted by Gasteiger charge is 2.16. The van der Waals surface area contributed by atoms with Gasteiger partial charge in [0, 0.05) is 12.2 Å². The predicted octanol–water partition coefficient (Wildman–Crippen LogP) is 2.69. The molecule has 0 radical (unpaired) electrons. The van der Waals surface area contributed by atoms with Gasteiger partial charge < -0.3 is 10.1 Å². The normalized spacial score (nSPS) is 15.3. The fourth-order valence-electron chi connectivity index (χ4n) is 1.83. The lowest BCUT2D eigenvalue weighted by Crippen LogP contribution is -2.20. The summed E-state index contributed by atoms with van der Waals surface area (Å²) in [6.45, 7) is 1.00. The second-order valence-electron chi connectivity index (χ2n) is 4.25. The van der Waals surface area contributed by atoms with Crippen LogP contribution in [0.4, 0.5) is 5.69 Å². The number of benzene rings is 1. The number of esters is 1. The van der Waals surface area contributed by atoms with Crippen LogP contribution in [0.5, 0.6) is 0 Å². The first kappa shape index (κ1) is 11.0. The molecule has 0 heterocycles. The number of carbonyl (C=O) groups is 1. The minimum absolute atomic E-state index is 0.285. The predicted molar refractivity (Wildman–Crippen MR) is 63.6 cm³/mol. The first-order chi connectivity index (χ1) is 7.79. The molecule has 0 aromatic heterocycles. The van der Waals surface area contributed by atoms with Gasteiger partial charge in [0.25, 0.3) is 0 Å². The van der Waals surface area contributed by atoms with Gasteiger partial charge in [-0.15, -0.1) is 0 Å². The van der Waals surface area contributed by atoms with E-state index in [9.17, 15) is 4.79 Å². The molecule has 1 N–H and O–H groups in total. The van der Waals surface area contributed by atoms with Gasteiger partial charge in [-0.05, 0) is 37.0 Å². The van der Waals surface area contributed by atoms with Crippen molar-refractivity contribution in [3.05, 3.63) is 29.8 Å². The quantitative estimate of drug-likeness (QED) is 0.791. The topological polar surface area (TPSA) is 38.3 Å². The number of hydrogen-bond donors (Lipinski definition) is 1. The van der Waals surface area contributed by atoms with Gasteiger partial charge in [-0.25, -0.2) is 4.79 Å². The van der Waals surface area contributed by atoms with Crippen LogP contribution in [0.1, 0.15) is 29.6 Å². The van der Waals surface area contributed by atoms with Crippen molar-refractivity contribution in [1.29, 1.82) is 0 Å². The summed E-state index contributed by atoms with van der Waals surface area (Å²) in [4.78, 5) is 11.3. The number of ether oxygens (including phenoxy) is 1. The van der Waals surface area contributed by atoms with Crippen molar-refractivity contribution in [1.82, 2.24) is 0 Å². The number of rotatable bonds is 4. The van der Waals surface area contributed by atoms with E-state index in [-0.39, 0.29) is 5.97 Å². The molecule has 1 saturated carbocycles. The molecule has 1 aromatic carbocycles. The summed E-state index contributed by atoms with van der Waals surface area (Å²) in [6, 6.07) is 7.45. The lowest BCUT2D eigenvalue weighted by molar-refractivity contribution is 0.0601. The first-order valence-electron chi connectivity index (χ1n) is 5.72. The average Bonchev–Trinajstić information content (AvgIpc) is 2.26. The van der Waals surface area contributed by atoms with Gasteiger partial charge in [0.05, 0.1) is 12.7 Å². The largest absolute Gasteiger partial charge is 0.465 e. The van der Waals surface area contributed by atoms with Crippen LogP contribution in [-0.2, 0) is 4.74 Å². The Kier molecular flexibility index (Phi) is 3.44. The number of methoxy groups -OCH3 is 1. The minimum atomic E-state index is -0.285. The van der Waals surface area contributed by atoms with Gasteiger partial charge in [-0.1, -0.05) is 12.5 Å². The molecule has 2 rings (SSSR count). The standard InChI is InChI=1S/C13H17NO2/c1-16-13(15)11-6-3-7-12(8-11)14-9-10-4-2-5-10/h3,6-8,10,14H,2,4-5,9H2,1H3. The zero-order valence-electron chi connectivity index (χ0n) is 9.53. The molecule has 0 unspecified atom stereocenters. The van der Waals surface area contributed by atoms with Crippen LogP contribution in [0.25, 0.3) is 0 Å². The molecule has 1 aliphatic carbocycles. The molecule has 1 aromatic rings. The fraction of sp³-hybridized carbons (Fsp3) is 0.462. The van der Waals surface area contributed by atoms with E-state index in [1.54, 1.807) is 6.07 Å². The molecule has 0 spiro atoms. The molecule has 0 amide bonds. The molecule has 3 nitrogen and oxygen atoms in total.